The predicted octanol–water partition coefficient (Wildman–Crippen LogP) is 5.29. The lowest BCUT2D eigenvalue weighted by molar-refractivity contribution is 0.0951. The zero-order valence-electron chi connectivity index (χ0n) is 19.1. The molecule has 1 aromatic heterocycles. The van der Waals surface area contributed by atoms with E-state index in [1.54, 1.807) is 19.2 Å². The number of nitrogens with zero attached hydrogens (tertiary/aromatic N) is 1. The lowest BCUT2D eigenvalue weighted by Crippen LogP contribution is -2.24. The predicted molar refractivity (Wildman–Crippen MR) is 127 cm³/mol. The number of nitrogen functional groups attached to an aromatic ring is 1. The molecule has 3 aromatic rings. The van der Waals surface area contributed by atoms with E-state index in [-0.39, 0.29) is 11.7 Å². The maximum absolute atomic E-state index is 12.5. The number of benzene rings is 2. The molecule has 0 saturated heterocycles. The van der Waals surface area contributed by atoms with E-state index in [9.17, 15) is 4.79 Å². The van der Waals surface area contributed by atoms with Gasteiger partial charge in [0.2, 0.25) is 0 Å². The molecule has 3 rings (SSSR count). The third-order valence-corrected chi connectivity index (χ3v) is 5.53. The van der Waals surface area contributed by atoms with Crippen molar-refractivity contribution in [1.29, 1.82) is 0 Å². The number of anilines is 1. The molecule has 0 aliphatic heterocycles. The molecule has 1 atom stereocenters. The van der Waals surface area contributed by atoms with Gasteiger partial charge < -0.3 is 20.5 Å². The SMILES string of the molecule is COCc1ccc(C(=O)NCc2ccc(Oc3ccccc3C(C)C(C)C)cc2)c(N)n1. The van der Waals surface area contributed by atoms with Crippen molar-refractivity contribution in [1.82, 2.24) is 10.3 Å². The average Bonchev–Trinajstić information content (AvgIpc) is 2.78. The molecular formula is C26H31N3O3. The van der Waals surface area contributed by atoms with Gasteiger partial charge in [0, 0.05) is 13.7 Å². The summed E-state index contributed by atoms with van der Waals surface area (Å²) in [4.78, 5) is 16.7. The van der Waals surface area contributed by atoms with Crippen molar-refractivity contribution in [3.05, 3.63) is 83.0 Å². The summed E-state index contributed by atoms with van der Waals surface area (Å²) in [6.45, 7) is 7.36. The third-order valence-electron chi connectivity index (χ3n) is 5.53. The molecule has 0 fully saturated rings. The van der Waals surface area contributed by atoms with Gasteiger partial charge in [-0.1, -0.05) is 51.1 Å². The van der Waals surface area contributed by atoms with Gasteiger partial charge in [-0.2, -0.15) is 0 Å². The Labute approximate surface area is 189 Å². The summed E-state index contributed by atoms with van der Waals surface area (Å²) in [5.74, 6) is 2.46. The first-order chi connectivity index (χ1) is 15.4. The van der Waals surface area contributed by atoms with Gasteiger partial charge in [-0.25, -0.2) is 4.98 Å². The van der Waals surface area contributed by atoms with Crippen molar-refractivity contribution in [3.63, 3.8) is 0 Å². The van der Waals surface area contributed by atoms with Crippen LogP contribution in [0.2, 0.25) is 0 Å². The van der Waals surface area contributed by atoms with Crippen molar-refractivity contribution in [2.75, 3.05) is 12.8 Å². The molecule has 0 bridgehead atoms. The van der Waals surface area contributed by atoms with Crippen molar-refractivity contribution < 1.29 is 14.3 Å². The summed E-state index contributed by atoms with van der Waals surface area (Å²) in [7, 11) is 1.58. The fourth-order valence-electron chi connectivity index (χ4n) is 3.33. The third kappa shape index (κ3) is 5.86. The minimum Gasteiger partial charge on any atom is -0.457 e. The van der Waals surface area contributed by atoms with E-state index < -0.39 is 0 Å². The number of methoxy groups -OCH3 is 1. The number of carbonyl (C=O) groups excluding carboxylic acids is 1. The molecule has 6 nitrogen and oxygen atoms in total. The van der Waals surface area contributed by atoms with E-state index in [2.05, 4.69) is 37.1 Å². The molecule has 3 N–H and O–H groups in total. The Morgan fingerprint density at radius 3 is 2.41 bits per heavy atom. The Bertz CT molecular complexity index is 1050. The first-order valence-electron chi connectivity index (χ1n) is 10.8. The average molecular weight is 434 g/mol. The zero-order valence-corrected chi connectivity index (χ0v) is 19.1. The second-order valence-corrected chi connectivity index (χ2v) is 8.17. The number of hydrogen-bond acceptors (Lipinski definition) is 5. The highest BCUT2D eigenvalue weighted by Gasteiger charge is 2.15. The highest BCUT2D eigenvalue weighted by atomic mass is 16.5. The molecule has 0 spiro atoms. The fourth-order valence-corrected chi connectivity index (χ4v) is 3.33. The van der Waals surface area contributed by atoms with Crippen LogP contribution in [-0.4, -0.2) is 18.0 Å². The number of aromatic nitrogens is 1. The van der Waals surface area contributed by atoms with Crippen LogP contribution in [0.4, 0.5) is 5.82 Å². The van der Waals surface area contributed by atoms with Crippen LogP contribution in [-0.2, 0) is 17.9 Å². The minimum absolute atomic E-state index is 0.190. The Kier molecular flexibility index (Phi) is 7.84. The molecule has 2 aromatic carbocycles. The molecule has 0 saturated carbocycles. The minimum atomic E-state index is -0.268. The Hall–Kier alpha value is -3.38. The molecule has 0 aliphatic carbocycles. The molecule has 0 radical (unpaired) electrons. The second kappa shape index (κ2) is 10.8. The number of carbonyl (C=O) groups is 1. The number of amides is 1. The van der Waals surface area contributed by atoms with Crippen molar-refractivity contribution >= 4 is 11.7 Å². The van der Waals surface area contributed by atoms with Gasteiger partial charge in [0.05, 0.1) is 17.9 Å². The molecule has 32 heavy (non-hydrogen) atoms. The number of nitrogens with two attached hydrogens (primary N) is 1. The molecular weight excluding hydrogens is 402 g/mol. The van der Waals surface area contributed by atoms with Gasteiger partial charge in [-0.05, 0) is 53.3 Å². The number of ether oxygens (including phenoxy) is 2. The number of para-hydroxylation sites is 1. The van der Waals surface area contributed by atoms with Gasteiger partial charge in [-0.15, -0.1) is 0 Å². The Morgan fingerprint density at radius 2 is 1.75 bits per heavy atom. The van der Waals surface area contributed by atoms with Crippen LogP contribution >= 0.6 is 0 Å². The highest BCUT2D eigenvalue weighted by Crippen LogP contribution is 2.34. The largest absolute Gasteiger partial charge is 0.457 e. The molecule has 6 heteroatoms. The summed E-state index contributed by atoms with van der Waals surface area (Å²) in [5, 5.41) is 2.88. The van der Waals surface area contributed by atoms with E-state index in [0.29, 0.717) is 36.2 Å². The van der Waals surface area contributed by atoms with Crippen molar-refractivity contribution in [3.8, 4) is 11.5 Å². The molecule has 1 unspecified atom stereocenters. The van der Waals surface area contributed by atoms with E-state index in [1.165, 1.54) is 5.56 Å². The Balaban J connectivity index is 1.62. The summed E-state index contributed by atoms with van der Waals surface area (Å²) < 4.78 is 11.2. The quantitative estimate of drug-likeness (QED) is 0.479. The van der Waals surface area contributed by atoms with E-state index in [1.807, 2.05) is 42.5 Å². The smallest absolute Gasteiger partial charge is 0.255 e. The first kappa shape index (κ1) is 23.3. The summed E-state index contributed by atoms with van der Waals surface area (Å²) in [6.07, 6.45) is 0. The van der Waals surface area contributed by atoms with Crippen LogP contribution in [0.1, 0.15) is 53.9 Å². The van der Waals surface area contributed by atoms with Gasteiger partial charge in [0.1, 0.15) is 17.3 Å². The van der Waals surface area contributed by atoms with Crippen LogP contribution in [0, 0.1) is 5.92 Å². The van der Waals surface area contributed by atoms with Crippen LogP contribution in [0.25, 0.3) is 0 Å². The number of hydrogen-bond donors (Lipinski definition) is 2. The van der Waals surface area contributed by atoms with Crippen molar-refractivity contribution in [2.45, 2.75) is 39.8 Å². The molecule has 1 amide bonds. The first-order valence-corrected chi connectivity index (χ1v) is 10.8. The Morgan fingerprint density at radius 1 is 1.03 bits per heavy atom. The van der Waals surface area contributed by atoms with Gasteiger partial charge in [-0.3, -0.25) is 4.79 Å². The van der Waals surface area contributed by atoms with Crippen molar-refractivity contribution in [2.24, 2.45) is 5.92 Å². The number of rotatable bonds is 9. The van der Waals surface area contributed by atoms with Gasteiger partial charge in [0.15, 0.2) is 0 Å². The van der Waals surface area contributed by atoms with Crippen LogP contribution in [0.3, 0.4) is 0 Å². The van der Waals surface area contributed by atoms with E-state index in [4.69, 9.17) is 15.2 Å². The monoisotopic (exact) mass is 433 g/mol. The number of nitrogens with one attached hydrogen (secondary N) is 1. The highest BCUT2D eigenvalue weighted by molar-refractivity contribution is 5.98. The van der Waals surface area contributed by atoms with Crippen LogP contribution in [0.5, 0.6) is 11.5 Å². The maximum Gasteiger partial charge on any atom is 0.255 e. The molecule has 168 valence electrons. The van der Waals surface area contributed by atoms with E-state index >= 15 is 0 Å². The second-order valence-electron chi connectivity index (χ2n) is 8.17. The standard InChI is InChI=1S/C26H31N3O3/c1-17(2)18(3)22-7-5-6-8-24(22)32-21-12-9-19(10-13-21)15-28-26(30)23-14-11-20(16-31-4)29-25(23)27/h5-14,17-18H,15-16H2,1-4H3,(H2,27,29)(H,28,30). The molecule has 0 aliphatic rings. The fraction of sp³-hybridized carbons (Fsp3) is 0.308. The number of pyridine rings is 1. The lowest BCUT2D eigenvalue weighted by Gasteiger charge is -2.19. The summed E-state index contributed by atoms with van der Waals surface area (Å²) in [6, 6.07) is 19.2. The zero-order chi connectivity index (χ0) is 23.1. The normalized spacial score (nSPS) is 11.9. The van der Waals surface area contributed by atoms with Crippen LogP contribution < -0.4 is 15.8 Å². The maximum atomic E-state index is 12.5. The lowest BCUT2D eigenvalue weighted by atomic mass is 9.90. The molecule has 1 heterocycles. The van der Waals surface area contributed by atoms with Crippen LogP contribution in [0.15, 0.2) is 60.7 Å². The summed E-state index contributed by atoms with van der Waals surface area (Å²) in [5.41, 5.74) is 9.10. The van der Waals surface area contributed by atoms with E-state index in [0.717, 1.165) is 17.1 Å². The topological polar surface area (TPSA) is 86.5 Å². The van der Waals surface area contributed by atoms with Gasteiger partial charge >= 0.3 is 0 Å². The van der Waals surface area contributed by atoms with Gasteiger partial charge in [0.25, 0.3) is 5.91 Å². The summed E-state index contributed by atoms with van der Waals surface area (Å²) >= 11 is 0.